The molecule has 0 aliphatic rings. The molecule has 2 rings (SSSR count). The molecule has 0 saturated carbocycles. The van der Waals surface area contributed by atoms with Crippen molar-refractivity contribution >= 4 is 31.9 Å². The van der Waals surface area contributed by atoms with Crippen molar-refractivity contribution in [2.75, 3.05) is 0 Å². The molecule has 5 heteroatoms. The number of hydrogen-bond acceptors (Lipinski definition) is 2. The van der Waals surface area contributed by atoms with Crippen LogP contribution in [0.1, 0.15) is 11.4 Å². The number of nitrogens with zero attached hydrogens (tertiary/aromatic N) is 3. The molecule has 0 atom stereocenters. The fourth-order valence-electron chi connectivity index (χ4n) is 1.55. The van der Waals surface area contributed by atoms with Crippen molar-refractivity contribution < 1.29 is 0 Å². The van der Waals surface area contributed by atoms with E-state index in [9.17, 15) is 0 Å². The van der Waals surface area contributed by atoms with Crippen molar-refractivity contribution in [3.05, 3.63) is 34.1 Å². The summed E-state index contributed by atoms with van der Waals surface area (Å²) in [5, 5.41) is 9.06. The lowest BCUT2D eigenvalue weighted by Crippen LogP contribution is -1.98. The van der Waals surface area contributed by atoms with Gasteiger partial charge in [0.2, 0.25) is 0 Å². The van der Waals surface area contributed by atoms with Crippen LogP contribution < -0.4 is 0 Å². The van der Waals surface area contributed by atoms with Gasteiger partial charge in [-0.25, -0.2) is 0 Å². The molecule has 3 nitrogen and oxygen atoms in total. The summed E-state index contributed by atoms with van der Waals surface area (Å²) in [6.07, 6.45) is 0. The number of halogens is 2. The van der Waals surface area contributed by atoms with Gasteiger partial charge in [0.05, 0.1) is 5.33 Å². The van der Waals surface area contributed by atoms with Crippen LogP contribution in [-0.2, 0) is 12.4 Å². The third-order valence-corrected chi connectivity index (χ3v) is 3.52. The highest BCUT2D eigenvalue weighted by Gasteiger charge is 2.11. The van der Waals surface area contributed by atoms with Crippen molar-refractivity contribution in [3.63, 3.8) is 0 Å². The van der Waals surface area contributed by atoms with E-state index in [1.165, 1.54) is 5.56 Å². The van der Waals surface area contributed by atoms with Gasteiger partial charge in [-0.3, -0.25) is 0 Å². The molecule has 1 aromatic carbocycles. The van der Waals surface area contributed by atoms with Gasteiger partial charge in [-0.2, -0.15) is 0 Å². The van der Waals surface area contributed by atoms with Gasteiger partial charge >= 0.3 is 0 Å². The maximum Gasteiger partial charge on any atom is 0.164 e. The summed E-state index contributed by atoms with van der Waals surface area (Å²) in [5.41, 5.74) is 2.30. The fraction of sp³-hybridized carbons (Fsp3) is 0.273. The van der Waals surface area contributed by atoms with Gasteiger partial charge in [-0.1, -0.05) is 37.9 Å². The Morgan fingerprint density at radius 1 is 1.31 bits per heavy atom. The summed E-state index contributed by atoms with van der Waals surface area (Å²) in [7, 11) is 1.98. The van der Waals surface area contributed by atoms with Crippen LogP contribution in [-0.4, -0.2) is 14.8 Å². The molecular weight excluding hydrogens is 334 g/mol. The first-order valence-corrected chi connectivity index (χ1v) is 6.75. The van der Waals surface area contributed by atoms with E-state index in [1.807, 2.05) is 17.7 Å². The second kappa shape index (κ2) is 4.67. The topological polar surface area (TPSA) is 30.7 Å². The molecule has 0 amide bonds. The van der Waals surface area contributed by atoms with Crippen molar-refractivity contribution in [2.24, 2.45) is 7.05 Å². The Morgan fingerprint density at radius 2 is 2.06 bits per heavy atom. The molecule has 1 aromatic heterocycles. The zero-order valence-corrected chi connectivity index (χ0v) is 12.2. The molecule has 0 N–H and O–H groups in total. The van der Waals surface area contributed by atoms with Crippen LogP contribution >= 0.6 is 31.9 Å². The van der Waals surface area contributed by atoms with Gasteiger partial charge in [0.15, 0.2) is 5.82 Å². The average Bonchev–Trinajstić information content (AvgIpc) is 2.63. The van der Waals surface area contributed by atoms with E-state index in [4.69, 9.17) is 0 Å². The van der Waals surface area contributed by atoms with Gasteiger partial charge in [-0.05, 0) is 24.6 Å². The minimum absolute atomic E-state index is 0.712. The second-order valence-electron chi connectivity index (χ2n) is 3.59. The molecule has 0 bridgehead atoms. The SMILES string of the molecule is Cc1ccc(Br)cc1-c1nnc(CBr)n1C. The summed E-state index contributed by atoms with van der Waals surface area (Å²) in [6.45, 7) is 2.07. The zero-order chi connectivity index (χ0) is 11.7. The number of benzene rings is 1. The predicted molar refractivity (Wildman–Crippen MR) is 71.5 cm³/mol. The van der Waals surface area contributed by atoms with Crippen LogP contribution in [0.15, 0.2) is 22.7 Å². The van der Waals surface area contributed by atoms with E-state index < -0.39 is 0 Å². The Morgan fingerprint density at radius 3 is 2.69 bits per heavy atom. The van der Waals surface area contributed by atoms with Crippen molar-refractivity contribution in [1.82, 2.24) is 14.8 Å². The Balaban J connectivity index is 2.58. The Kier molecular flexibility index (Phi) is 3.44. The quantitative estimate of drug-likeness (QED) is 0.781. The minimum atomic E-state index is 0.712. The highest BCUT2D eigenvalue weighted by Crippen LogP contribution is 2.25. The van der Waals surface area contributed by atoms with Crippen LogP contribution in [0.2, 0.25) is 0 Å². The normalized spacial score (nSPS) is 10.8. The standard InChI is InChI=1S/C11H11Br2N3/c1-7-3-4-8(13)5-9(7)11-15-14-10(6-12)16(11)2/h3-5H,6H2,1-2H3. The summed E-state index contributed by atoms with van der Waals surface area (Å²) in [6, 6.07) is 6.17. The second-order valence-corrected chi connectivity index (χ2v) is 5.07. The van der Waals surface area contributed by atoms with E-state index in [-0.39, 0.29) is 0 Å². The first-order valence-electron chi connectivity index (χ1n) is 4.84. The Labute approximate surface area is 111 Å². The van der Waals surface area contributed by atoms with Gasteiger partial charge in [0.25, 0.3) is 0 Å². The van der Waals surface area contributed by atoms with Crippen LogP contribution in [0.4, 0.5) is 0 Å². The molecule has 0 fully saturated rings. The number of rotatable bonds is 2. The zero-order valence-electron chi connectivity index (χ0n) is 9.04. The van der Waals surface area contributed by atoms with Crippen molar-refractivity contribution in [1.29, 1.82) is 0 Å². The smallest absolute Gasteiger partial charge is 0.164 e. The van der Waals surface area contributed by atoms with Crippen molar-refractivity contribution in [2.45, 2.75) is 12.3 Å². The van der Waals surface area contributed by atoms with Crippen LogP contribution in [0.5, 0.6) is 0 Å². The molecular formula is C11H11Br2N3. The summed E-state index contributed by atoms with van der Waals surface area (Å²) < 4.78 is 3.06. The summed E-state index contributed by atoms with van der Waals surface area (Å²) >= 11 is 6.87. The Bertz CT molecular complexity index is 520. The lowest BCUT2D eigenvalue weighted by molar-refractivity contribution is 0.858. The number of aromatic nitrogens is 3. The highest BCUT2D eigenvalue weighted by molar-refractivity contribution is 9.10. The lowest BCUT2D eigenvalue weighted by atomic mass is 10.1. The monoisotopic (exact) mass is 343 g/mol. The predicted octanol–water partition coefficient (Wildman–Crippen LogP) is 3.45. The number of aryl methyl sites for hydroxylation is 1. The van der Waals surface area contributed by atoms with Gasteiger partial charge in [0.1, 0.15) is 5.82 Å². The fourth-order valence-corrected chi connectivity index (χ4v) is 2.40. The van der Waals surface area contributed by atoms with Crippen LogP contribution in [0.3, 0.4) is 0 Å². The number of alkyl halides is 1. The van der Waals surface area contributed by atoms with Gasteiger partial charge < -0.3 is 4.57 Å². The van der Waals surface area contributed by atoms with Gasteiger partial charge in [0, 0.05) is 17.1 Å². The first kappa shape index (κ1) is 11.8. The molecule has 0 aliphatic heterocycles. The molecule has 2 aromatic rings. The summed E-state index contributed by atoms with van der Waals surface area (Å²) in [4.78, 5) is 0. The van der Waals surface area contributed by atoms with Crippen molar-refractivity contribution in [3.8, 4) is 11.4 Å². The highest BCUT2D eigenvalue weighted by atomic mass is 79.9. The lowest BCUT2D eigenvalue weighted by Gasteiger charge is -2.06. The largest absolute Gasteiger partial charge is 0.313 e. The van der Waals surface area contributed by atoms with E-state index in [1.54, 1.807) is 0 Å². The molecule has 0 aliphatic carbocycles. The average molecular weight is 345 g/mol. The molecule has 0 radical (unpaired) electrons. The van der Waals surface area contributed by atoms with E-state index >= 15 is 0 Å². The minimum Gasteiger partial charge on any atom is -0.313 e. The molecule has 84 valence electrons. The van der Waals surface area contributed by atoms with Crippen LogP contribution in [0.25, 0.3) is 11.4 Å². The Hall–Kier alpha value is -0.680. The van der Waals surface area contributed by atoms with E-state index in [2.05, 4.69) is 61.1 Å². The van der Waals surface area contributed by atoms with E-state index in [0.29, 0.717) is 5.33 Å². The van der Waals surface area contributed by atoms with E-state index in [0.717, 1.165) is 21.7 Å². The molecule has 0 saturated heterocycles. The summed E-state index contributed by atoms with van der Waals surface area (Å²) in [5.74, 6) is 1.82. The maximum atomic E-state index is 4.22. The maximum absolute atomic E-state index is 4.22. The third kappa shape index (κ3) is 2.06. The molecule has 0 unspecified atom stereocenters. The molecule has 1 heterocycles. The first-order chi connectivity index (χ1) is 7.63. The molecule has 16 heavy (non-hydrogen) atoms. The van der Waals surface area contributed by atoms with Gasteiger partial charge in [-0.15, -0.1) is 10.2 Å². The third-order valence-electron chi connectivity index (χ3n) is 2.53. The number of hydrogen-bond donors (Lipinski definition) is 0. The molecule has 0 spiro atoms. The van der Waals surface area contributed by atoms with Crippen LogP contribution in [0, 0.1) is 6.92 Å².